The van der Waals surface area contributed by atoms with Gasteiger partial charge in [-0.15, -0.1) is 11.3 Å². The van der Waals surface area contributed by atoms with Crippen LogP contribution in [0.3, 0.4) is 0 Å². The molecule has 9 heteroatoms. The fraction of sp³-hybridized carbons (Fsp3) is 0.250. The Labute approximate surface area is 152 Å². The van der Waals surface area contributed by atoms with E-state index in [-0.39, 0.29) is 10.6 Å². The van der Waals surface area contributed by atoms with E-state index in [9.17, 15) is 10.1 Å². The number of nitro groups is 1. The van der Waals surface area contributed by atoms with E-state index in [0.29, 0.717) is 23.8 Å². The largest absolute Gasteiger partial charge is 0.362 e. The van der Waals surface area contributed by atoms with Gasteiger partial charge in [0, 0.05) is 37.3 Å². The molecule has 1 saturated heterocycles. The molecule has 1 aliphatic rings. The van der Waals surface area contributed by atoms with Gasteiger partial charge in [0.2, 0.25) is 0 Å². The first-order valence-corrected chi connectivity index (χ1v) is 9.01. The van der Waals surface area contributed by atoms with Crippen LogP contribution in [-0.4, -0.2) is 41.1 Å². The van der Waals surface area contributed by atoms with Crippen molar-refractivity contribution in [3.8, 4) is 0 Å². The van der Waals surface area contributed by atoms with Gasteiger partial charge in [0.1, 0.15) is 17.8 Å². The summed E-state index contributed by atoms with van der Waals surface area (Å²) in [7, 11) is 0. The monoisotopic (exact) mass is 375 g/mol. The molecule has 25 heavy (non-hydrogen) atoms. The third-order valence-corrected chi connectivity index (χ3v) is 5.41. The molecule has 1 fully saturated rings. The third kappa shape index (κ3) is 2.98. The molecule has 0 saturated carbocycles. The molecule has 0 spiro atoms. The molecule has 128 valence electrons. The summed E-state index contributed by atoms with van der Waals surface area (Å²) < 4.78 is 1.08. The number of fused-ring (bicyclic) bond motifs is 1. The molecule has 0 radical (unpaired) electrons. The highest BCUT2D eigenvalue weighted by Crippen LogP contribution is 2.33. The summed E-state index contributed by atoms with van der Waals surface area (Å²) >= 11 is 7.53. The van der Waals surface area contributed by atoms with Crippen molar-refractivity contribution in [2.45, 2.75) is 0 Å². The highest BCUT2D eigenvalue weighted by Gasteiger charge is 2.25. The Morgan fingerprint density at radius 1 is 1.12 bits per heavy atom. The van der Waals surface area contributed by atoms with Gasteiger partial charge < -0.3 is 9.80 Å². The molecule has 0 atom stereocenters. The second-order valence-electron chi connectivity index (χ2n) is 5.70. The van der Waals surface area contributed by atoms with E-state index in [4.69, 9.17) is 11.6 Å². The molecule has 3 heterocycles. The van der Waals surface area contributed by atoms with Crippen LogP contribution in [0.2, 0.25) is 5.02 Å². The van der Waals surface area contributed by atoms with Gasteiger partial charge in [-0.3, -0.25) is 10.1 Å². The van der Waals surface area contributed by atoms with Gasteiger partial charge in [-0.1, -0.05) is 11.6 Å². The van der Waals surface area contributed by atoms with Crippen LogP contribution in [0, 0.1) is 10.1 Å². The summed E-state index contributed by atoms with van der Waals surface area (Å²) in [5.41, 5.74) is 1.60. The van der Waals surface area contributed by atoms with Crippen LogP contribution in [0.15, 0.2) is 36.0 Å². The van der Waals surface area contributed by atoms with Crippen LogP contribution in [0.5, 0.6) is 0 Å². The van der Waals surface area contributed by atoms with Gasteiger partial charge in [-0.25, -0.2) is 9.97 Å². The summed E-state index contributed by atoms with van der Waals surface area (Å²) in [5.74, 6) is 0.935. The van der Waals surface area contributed by atoms with Crippen molar-refractivity contribution in [2.24, 2.45) is 0 Å². The Balaban J connectivity index is 1.56. The maximum atomic E-state index is 11.3. The number of nitrogens with zero attached hydrogens (tertiary/aromatic N) is 5. The molecule has 7 nitrogen and oxygen atoms in total. The van der Waals surface area contributed by atoms with E-state index in [1.54, 1.807) is 29.8 Å². The zero-order chi connectivity index (χ0) is 17.4. The molecule has 0 unspecified atom stereocenters. The number of benzene rings is 1. The molecule has 1 aliphatic heterocycles. The molecule has 1 aromatic carbocycles. The van der Waals surface area contributed by atoms with E-state index in [0.717, 1.165) is 29.1 Å². The van der Waals surface area contributed by atoms with Crippen LogP contribution in [0.25, 0.3) is 10.2 Å². The lowest BCUT2D eigenvalue weighted by Crippen LogP contribution is -2.47. The van der Waals surface area contributed by atoms with Crippen molar-refractivity contribution in [1.29, 1.82) is 0 Å². The SMILES string of the molecule is O=[N+]([O-])c1cc(Cl)ccc1N1CCN(c2ncnc3ccsc23)CC1. The lowest BCUT2D eigenvalue weighted by Gasteiger charge is -2.36. The van der Waals surface area contributed by atoms with Crippen molar-refractivity contribution in [2.75, 3.05) is 36.0 Å². The summed E-state index contributed by atoms with van der Waals surface area (Å²) in [6.07, 6.45) is 1.58. The minimum atomic E-state index is -0.382. The Kier molecular flexibility index (Phi) is 4.14. The Morgan fingerprint density at radius 3 is 2.64 bits per heavy atom. The minimum absolute atomic E-state index is 0.0450. The standard InChI is InChI=1S/C16H14ClN5O2S/c17-11-1-2-13(14(9-11)22(23)24)20-4-6-21(7-5-20)16-15-12(3-8-25-15)18-10-19-16/h1-3,8-10H,4-7H2. The number of halogens is 1. The van der Waals surface area contributed by atoms with Crippen LogP contribution in [0.1, 0.15) is 0 Å². The first kappa shape index (κ1) is 16.0. The molecule has 0 amide bonds. The summed E-state index contributed by atoms with van der Waals surface area (Å²) in [6.45, 7) is 2.84. The molecule has 0 bridgehead atoms. The number of rotatable bonds is 3. The number of hydrogen-bond donors (Lipinski definition) is 0. The fourth-order valence-corrected chi connectivity index (χ4v) is 4.10. The van der Waals surface area contributed by atoms with Crippen LogP contribution < -0.4 is 9.80 Å². The number of hydrogen-bond acceptors (Lipinski definition) is 7. The van der Waals surface area contributed by atoms with E-state index in [1.165, 1.54) is 6.07 Å². The Hall–Kier alpha value is -2.45. The predicted molar refractivity (Wildman–Crippen MR) is 99.9 cm³/mol. The highest BCUT2D eigenvalue weighted by molar-refractivity contribution is 7.17. The van der Waals surface area contributed by atoms with Gasteiger partial charge in [0.15, 0.2) is 0 Å². The Bertz CT molecular complexity index is 939. The quantitative estimate of drug-likeness (QED) is 0.514. The summed E-state index contributed by atoms with van der Waals surface area (Å²) in [6, 6.07) is 6.80. The predicted octanol–water partition coefficient (Wildman–Crippen LogP) is 3.58. The van der Waals surface area contributed by atoms with Crippen LogP contribution >= 0.6 is 22.9 Å². The number of nitro benzene ring substituents is 1. The first-order chi connectivity index (χ1) is 12.1. The van der Waals surface area contributed by atoms with Gasteiger partial charge >= 0.3 is 0 Å². The molecule has 0 aliphatic carbocycles. The molecule has 3 aromatic rings. The molecule has 4 rings (SSSR count). The average Bonchev–Trinajstić information content (AvgIpc) is 3.10. The summed E-state index contributed by atoms with van der Waals surface area (Å²) in [4.78, 5) is 23.9. The Morgan fingerprint density at radius 2 is 1.88 bits per heavy atom. The molecule has 2 aromatic heterocycles. The zero-order valence-electron chi connectivity index (χ0n) is 13.1. The topological polar surface area (TPSA) is 75.4 Å². The lowest BCUT2D eigenvalue weighted by atomic mass is 10.2. The van der Waals surface area contributed by atoms with Crippen LogP contribution in [0.4, 0.5) is 17.2 Å². The molecule has 0 N–H and O–H groups in total. The maximum absolute atomic E-state index is 11.3. The lowest BCUT2D eigenvalue weighted by molar-refractivity contribution is -0.384. The zero-order valence-corrected chi connectivity index (χ0v) is 14.7. The number of piperazine rings is 1. The van der Waals surface area contributed by atoms with Gasteiger partial charge in [0.25, 0.3) is 5.69 Å². The minimum Gasteiger partial charge on any atom is -0.362 e. The van der Waals surface area contributed by atoms with Crippen LogP contribution in [-0.2, 0) is 0 Å². The maximum Gasteiger partial charge on any atom is 0.294 e. The van der Waals surface area contributed by atoms with Crippen molar-refractivity contribution in [3.63, 3.8) is 0 Å². The van der Waals surface area contributed by atoms with Crippen molar-refractivity contribution < 1.29 is 4.92 Å². The van der Waals surface area contributed by atoms with E-state index in [2.05, 4.69) is 14.9 Å². The van der Waals surface area contributed by atoms with Gasteiger partial charge in [0.05, 0.1) is 15.1 Å². The van der Waals surface area contributed by atoms with Gasteiger partial charge in [-0.2, -0.15) is 0 Å². The van der Waals surface area contributed by atoms with E-state index < -0.39 is 0 Å². The second kappa shape index (κ2) is 6.45. The molecular formula is C16H14ClN5O2S. The smallest absolute Gasteiger partial charge is 0.294 e. The van der Waals surface area contributed by atoms with Crippen molar-refractivity contribution >= 4 is 50.3 Å². The normalized spacial score (nSPS) is 14.9. The third-order valence-electron chi connectivity index (χ3n) is 4.28. The second-order valence-corrected chi connectivity index (χ2v) is 7.05. The first-order valence-electron chi connectivity index (χ1n) is 7.75. The van der Waals surface area contributed by atoms with Gasteiger partial charge in [-0.05, 0) is 23.6 Å². The molecular weight excluding hydrogens is 362 g/mol. The number of thiophene rings is 1. The van der Waals surface area contributed by atoms with Crippen molar-refractivity contribution in [3.05, 3.63) is 51.1 Å². The number of anilines is 2. The fourth-order valence-electron chi connectivity index (χ4n) is 3.07. The van der Waals surface area contributed by atoms with E-state index >= 15 is 0 Å². The number of aromatic nitrogens is 2. The highest BCUT2D eigenvalue weighted by atomic mass is 35.5. The van der Waals surface area contributed by atoms with E-state index in [1.807, 2.05) is 16.3 Å². The van der Waals surface area contributed by atoms with Crippen molar-refractivity contribution in [1.82, 2.24) is 9.97 Å². The average molecular weight is 376 g/mol. The summed E-state index contributed by atoms with van der Waals surface area (Å²) in [5, 5.41) is 13.7.